The van der Waals surface area contributed by atoms with Crippen molar-refractivity contribution in [2.45, 2.75) is 10.8 Å². The quantitative estimate of drug-likeness (QED) is 0.176. The first-order valence-corrected chi connectivity index (χ1v) is 32.4. The van der Waals surface area contributed by atoms with E-state index in [1.807, 2.05) is 22.7 Å². The Morgan fingerprint density at radius 2 is 0.589 bits per heavy atom. The Kier molecular flexibility index (Phi) is 9.65. The molecule has 0 atom stereocenters. The SMILES string of the molecule is c1ccc(N2c3ccccc3C3(c4ccccc42)c2cc(-n4c5ccccc5c5c6c(ccc54)oc4ccccc46)sc2C2(c4ccccc4N(c4ccccc4)c4ccccc42)c2cc(-n4c5ccccc5c5c6c(ccc54)oc4ccccc46)sc23)cc1. The first-order valence-electron chi connectivity index (χ1n) is 30.7. The molecule has 12 aromatic carbocycles. The molecule has 0 saturated carbocycles. The number of furan rings is 2. The summed E-state index contributed by atoms with van der Waals surface area (Å²) in [6.07, 6.45) is 0. The van der Waals surface area contributed by atoms with Crippen LogP contribution < -0.4 is 9.80 Å². The topological polar surface area (TPSA) is 42.6 Å². The number of thiophene rings is 2. The maximum absolute atomic E-state index is 6.68. The molecule has 18 aromatic rings. The van der Waals surface area contributed by atoms with E-state index in [0.717, 1.165) is 110 Å². The summed E-state index contributed by atoms with van der Waals surface area (Å²) in [6.45, 7) is 0. The van der Waals surface area contributed by atoms with Crippen molar-refractivity contribution in [1.29, 1.82) is 0 Å². The molecule has 6 aromatic heterocycles. The Morgan fingerprint density at radius 1 is 0.256 bits per heavy atom. The third-order valence-corrected chi connectivity index (χ3v) is 22.4. The predicted octanol–water partition coefficient (Wildman–Crippen LogP) is 22.4. The number of hydrogen-bond acceptors (Lipinski definition) is 6. The number of benzene rings is 12. The fraction of sp³-hybridized carbons (Fsp3) is 0.0244. The van der Waals surface area contributed by atoms with E-state index >= 15 is 0 Å². The van der Waals surface area contributed by atoms with E-state index in [2.05, 4.69) is 310 Å². The molecule has 3 aliphatic rings. The molecule has 2 spiro atoms. The Morgan fingerprint density at radius 3 is 0.989 bits per heavy atom. The molecule has 420 valence electrons. The van der Waals surface area contributed by atoms with E-state index in [-0.39, 0.29) is 0 Å². The lowest BCUT2D eigenvalue weighted by molar-refractivity contribution is 0.633. The predicted molar refractivity (Wildman–Crippen MR) is 372 cm³/mol. The minimum atomic E-state index is -0.869. The van der Waals surface area contributed by atoms with Gasteiger partial charge in [0.05, 0.1) is 55.6 Å². The number of para-hydroxylation sites is 10. The molecule has 2 aliphatic heterocycles. The van der Waals surface area contributed by atoms with Crippen molar-refractivity contribution in [3.8, 4) is 10.0 Å². The van der Waals surface area contributed by atoms with Crippen molar-refractivity contribution in [1.82, 2.24) is 9.13 Å². The van der Waals surface area contributed by atoms with Gasteiger partial charge < -0.3 is 27.8 Å². The average Bonchev–Trinajstić information content (AvgIpc) is 1.23. The summed E-state index contributed by atoms with van der Waals surface area (Å²) in [7, 11) is 0. The highest BCUT2D eigenvalue weighted by molar-refractivity contribution is 7.16. The minimum Gasteiger partial charge on any atom is -0.456 e. The maximum Gasteiger partial charge on any atom is 0.136 e. The number of fused-ring (bicyclic) bond motifs is 28. The molecule has 1 aliphatic carbocycles. The summed E-state index contributed by atoms with van der Waals surface area (Å²) in [4.78, 5) is 7.58. The van der Waals surface area contributed by atoms with Gasteiger partial charge in [-0.05, 0) is 143 Å². The number of anilines is 6. The molecular formula is C82H48N4O2S2. The highest BCUT2D eigenvalue weighted by atomic mass is 32.1. The van der Waals surface area contributed by atoms with Crippen LogP contribution in [0.3, 0.4) is 0 Å². The zero-order valence-corrected chi connectivity index (χ0v) is 49.8. The molecule has 0 radical (unpaired) electrons. The van der Waals surface area contributed by atoms with Gasteiger partial charge in [0.25, 0.3) is 0 Å². The van der Waals surface area contributed by atoms with Crippen molar-refractivity contribution in [3.05, 3.63) is 334 Å². The summed E-state index contributed by atoms with van der Waals surface area (Å²) in [5, 5.41) is 11.6. The monoisotopic (exact) mass is 1180 g/mol. The Hall–Kier alpha value is -11.2. The van der Waals surface area contributed by atoms with Crippen LogP contribution in [0.4, 0.5) is 34.1 Å². The van der Waals surface area contributed by atoms with Gasteiger partial charge in [0.15, 0.2) is 0 Å². The van der Waals surface area contributed by atoms with Crippen LogP contribution in [0.1, 0.15) is 43.1 Å². The van der Waals surface area contributed by atoms with E-state index in [9.17, 15) is 0 Å². The van der Waals surface area contributed by atoms with Crippen LogP contribution in [0.25, 0.3) is 97.5 Å². The van der Waals surface area contributed by atoms with E-state index in [1.54, 1.807) is 0 Å². The van der Waals surface area contributed by atoms with E-state index in [1.165, 1.54) is 64.7 Å². The van der Waals surface area contributed by atoms with Crippen molar-refractivity contribution < 1.29 is 8.83 Å². The standard InChI is InChI=1S/C82H48N4O2S2/c1-3-23-49(24-4-1)83-63-37-17-11-31-55(63)81(56-32-12-18-38-64(56)83)59-47-73(85-61-35-15-7-27-51(61)75-67(85)43-45-71-77(75)53-29-9-21-41-69(53)87-71)90-80(59)82(57-33-13-19-39-65(57)84(50-25-5-2-6-26-50)66-40-20-14-34-58(66)82)60-48-74(89-79(60)81)86-62-36-16-8-28-52(62)76-68(86)44-46-72-78(76)54-30-10-22-42-70(54)88-72/h1-48H. The molecule has 90 heavy (non-hydrogen) atoms. The lowest BCUT2D eigenvalue weighted by Gasteiger charge is -2.53. The molecule has 8 heteroatoms. The second kappa shape index (κ2) is 17.8. The van der Waals surface area contributed by atoms with Crippen LogP contribution in [0, 0.1) is 0 Å². The van der Waals surface area contributed by atoms with E-state index in [0.29, 0.717) is 0 Å². The van der Waals surface area contributed by atoms with E-state index in [4.69, 9.17) is 8.83 Å². The van der Waals surface area contributed by atoms with Gasteiger partial charge in [0.1, 0.15) is 32.3 Å². The van der Waals surface area contributed by atoms with Gasteiger partial charge in [-0.3, -0.25) is 0 Å². The van der Waals surface area contributed by atoms with Crippen molar-refractivity contribution in [2.24, 2.45) is 0 Å². The Labute approximate surface area is 523 Å². The second-order valence-corrected chi connectivity index (χ2v) is 26.2. The summed E-state index contributed by atoms with van der Waals surface area (Å²) < 4.78 is 18.5. The van der Waals surface area contributed by atoms with Gasteiger partial charge in [0, 0.05) is 64.2 Å². The molecule has 0 N–H and O–H groups in total. The third-order valence-electron chi connectivity index (χ3n) is 19.9. The summed E-state index contributed by atoms with van der Waals surface area (Å²) in [6, 6.07) is 108. The van der Waals surface area contributed by atoms with Crippen LogP contribution in [-0.2, 0) is 10.8 Å². The summed E-state index contributed by atoms with van der Waals surface area (Å²) in [5.41, 5.74) is 20.7. The van der Waals surface area contributed by atoms with Crippen LogP contribution in [-0.4, -0.2) is 9.13 Å². The fourth-order valence-corrected chi connectivity index (χ4v) is 19.6. The van der Waals surface area contributed by atoms with Gasteiger partial charge in [-0.25, -0.2) is 0 Å². The molecule has 6 nitrogen and oxygen atoms in total. The van der Waals surface area contributed by atoms with Gasteiger partial charge in [-0.2, -0.15) is 0 Å². The first kappa shape index (κ1) is 48.9. The van der Waals surface area contributed by atoms with Crippen molar-refractivity contribution >= 4 is 144 Å². The molecule has 8 heterocycles. The van der Waals surface area contributed by atoms with E-state index < -0.39 is 10.8 Å². The second-order valence-electron chi connectivity index (χ2n) is 24.1. The first-order chi connectivity index (χ1) is 44.7. The third kappa shape index (κ3) is 6.03. The molecule has 21 rings (SSSR count). The molecule has 0 bridgehead atoms. The fourth-order valence-electron chi connectivity index (χ4n) is 16.6. The van der Waals surface area contributed by atoms with Crippen LogP contribution >= 0.6 is 22.7 Å². The molecule has 0 fully saturated rings. The summed E-state index contributed by atoms with van der Waals surface area (Å²) in [5.74, 6) is 0. The molecular weight excluding hydrogens is 1140 g/mol. The van der Waals surface area contributed by atoms with Crippen LogP contribution in [0.15, 0.2) is 300 Å². The lowest BCUT2D eigenvalue weighted by Crippen LogP contribution is -2.47. The smallest absolute Gasteiger partial charge is 0.136 e. The van der Waals surface area contributed by atoms with Gasteiger partial charge in [0.2, 0.25) is 0 Å². The highest BCUT2D eigenvalue weighted by Gasteiger charge is 2.61. The number of hydrogen-bond donors (Lipinski definition) is 0. The number of rotatable bonds is 4. The molecule has 0 unspecified atom stereocenters. The lowest BCUT2D eigenvalue weighted by atomic mass is 9.53. The largest absolute Gasteiger partial charge is 0.456 e. The number of nitrogens with zero attached hydrogens (tertiary/aromatic N) is 4. The Balaban J connectivity index is 0.964. The minimum absolute atomic E-state index is 0.869. The van der Waals surface area contributed by atoms with Crippen LogP contribution in [0.2, 0.25) is 0 Å². The zero-order chi connectivity index (χ0) is 58.6. The molecule has 0 saturated heterocycles. The normalized spacial score (nSPS) is 14.4. The number of aromatic nitrogens is 2. The molecule has 0 amide bonds. The zero-order valence-electron chi connectivity index (χ0n) is 48.1. The van der Waals surface area contributed by atoms with Crippen LogP contribution in [0.5, 0.6) is 0 Å². The van der Waals surface area contributed by atoms with Crippen molar-refractivity contribution in [2.75, 3.05) is 9.80 Å². The Bertz CT molecular complexity index is 5580. The average molecular weight is 1190 g/mol. The highest BCUT2D eigenvalue weighted by Crippen LogP contribution is 2.71. The maximum atomic E-state index is 6.68. The van der Waals surface area contributed by atoms with Gasteiger partial charge in [-0.1, -0.05) is 182 Å². The van der Waals surface area contributed by atoms with Crippen molar-refractivity contribution in [3.63, 3.8) is 0 Å². The van der Waals surface area contributed by atoms with Gasteiger partial charge in [-0.15, -0.1) is 22.7 Å². The summed E-state index contributed by atoms with van der Waals surface area (Å²) >= 11 is 3.90. The van der Waals surface area contributed by atoms with Gasteiger partial charge >= 0.3 is 0 Å².